The van der Waals surface area contributed by atoms with Gasteiger partial charge in [0.1, 0.15) is 0 Å². The van der Waals surface area contributed by atoms with E-state index in [0.29, 0.717) is 0 Å². The molecule has 0 saturated heterocycles. The quantitative estimate of drug-likeness (QED) is 0.591. The van der Waals surface area contributed by atoms with Crippen LogP contribution in [0.15, 0.2) is 54.1 Å². The standard InChI is InChI=1S/C18H24/c1-16-12-14-18(15-13-16)11-7-3-6-10-17-8-4-2-5-9-17/h2,4-5,8-9,12,14-16H,3,6-7,10-11,13H2,1H3. The Balaban J connectivity index is 1.58. The third kappa shape index (κ3) is 4.52. The van der Waals surface area contributed by atoms with Gasteiger partial charge >= 0.3 is 0 Å². The first-order valence-corrected chi connectivity index (χ1v) is 7.26. The van der Waals surface area contributed by atoms with Gasteiger partial charge in [0.15, 0.2) is 0 Å². The van der Waals surface area contributed by atoms with Gasteiger partial charge < -0.3 is 0 Å². The summed E-state index contributed by atoms with van der Waals surface area (Å²) >= 11 is 0. The average molecular weight is 240 g/mol. The molecule has 1 unspecified atom stereocenters. The zero-order valence-electron chi connectivity index (χ0n) is 11.4. The zero-order valence-corrected chi connectivity index (χ0v) is 11.4. The van der Waals surface area contributed by atoms with E-state index in [1.807, 2.05) is 0 Å². The lowest BCUT2D eigenvalue weighted by atomic mass is 9.95. The van der Waals surface area contributed by atoms with Crippen molar-refractivity contribution in [3.8, 4) is 0 Å². The molecule has 1 aromatic rings. The van der Waals surface area contributed by atoms with Crippen molar-refractivity contribution in [1.82, 2.24) is 0 Å². The molecule has 0 bridgehead atoms. The average Bonchev–Trinajstić information content (AvgIpc) is 2.42. The summed E-state index contributed by atoms with van der Waals surface area (Å²) < 4.78 is 0. The molecule has 0 amide bonds. The van der Waals surface area contributed by atoms with Gasteiger partial charge in [-0.15, -0.1) is 0 Å². The predicted molar refractivity (Wildman–Crippen MR) is 79.6 cm³/mol. The maximum atomic E-state index is 2.42. The lowest BCUT2D eigenvalue weighted by Gasteiger charge is -2.11. The summed E-state index contributed by atoms with van der Waals surface area (Å²) in [6.45, 7) is 2.28. The summed E-state index contributed by atoms with van der Waals surface area (Å²) in [6, 6.07) is 10.8. The molecule has 1 atom stereocenters. The number of hydrogen-bond donors (Lipinski definition) is 0. The van der Waals surface area contributed by atoms with Crippen molar-refractivity contribution in [1.29, 1.82) is 0 Å². The summed E-state index contributed by atoms with van der Waals surface area (Å²) in [5, 5.41) is 0. The molecule has 0 fully saturated rings. The van der Waals surface area contributed by atoms with E-state index in [2.05, 4.69) is 55.5 Å². The Bertz CT molecular complexity index is 397. The van der Waals surface area contributed by atoms with Crippen LogP contribution < -0.4 is 0 Å². The highest BCUT2D eigenvalue weighted by atomic mass is 14.1. The Kier molecular flexibility index (Phi) is 5.26. The van der Waals surface area contributed by atoms with Crippen molar-refractivity contribution < 1.29 is 0 Å². The molecule has 0 saturated carbocycles. The van der Waals surface area contributed by atoms with E-state index in [9.17, 15) is 0 Å². The van der Waals surface area contributed by atoms with Crippen LogP contribution >= 0.6 is 0 Å². The zero-order chi connectivity index (χ0) is 12.6. The van der Waals surface area contributed by atoms with Crippen LogP contribution in [0, 0.1) is 5.92 Å². The van der Waals surface area contributed by atoms with E-state index in [4.69, 9.17) is 0 Å². The predicted octanol–water partition coefficient (Wildman–Crippen LogP) is 5.31. The molecule has 0 aliphatic heterocycles. The van der Waals surface area contributed by atoms with E-state index in [1.54, 1.807) is 5.57 Å². The maximum Gasteiger partial charge on any atom is -0.0224 e. The number of aryl methyl sites for hydroxylation is 1. The van der Waals surface area contributed by atoms with Gasteiger partial charge in [0.2, 0.25) is 0 Å². The van der Waals surface area contributed by atoms with Gasteiger partial charge in [-0.2, -0.15) is 0 Å². The maximum absolute atomic E-state index is 2.42. The molecule has 0 nitrogen and oxygen atoms in total. The number of hydrogen-bond acceptors (Lipinski definition) is 0. The number of unbranched alkanes of at least 4 members (excludes halogenated alkanes) is 2. The summed E-state index contributed by atoms with van der Waals surface area (Å²) in [4.78, 5) is 0. The third-order valence-corrected chi connectivity index (χ3v) is 3.66. The van der Waals surface area contributed by atoms with Crippen molar-refractivity contribution in [3.63, 3.8) is 0 Å². The van der Waals surface area contributed by atoms with E-state index < -0.39 is 0 Å². The molecule has 18 heavy (non-hydrogen) atoms. The van der Waals surface area contributed by atoms with Crippen molar-refractivity contribution in [3.05, 3.63) is 59.7 Å². The second kappa shape index (κ2) is 7.20. The van der Waals surface area contributed by atoms with Crippen LogP contribution in [0.25, 0.3) is 0 Å². The van der Waals surface area contributed by atoms with Gasteiger partial charge in [-0.3, -0.25) is 0 Å². The second-order valence-electron chi connectivity index (χ2n) is 5.40. The van der Waals surface area contributed by atoms with Gasteiger partial charge in [-0.1, -0.05) is 67.5 Å². The lowest BCUT2D eigenvalue weighted by molar-refractivity contribution is 0.668. The molecule has 1 aliphatic carbocycles. The van der Waals surface area contributed by atoms with Crippen LogP contribution in [0.1, 0.15) is 44.6 Å². The Morgan fingerprint density at radius 3 is 2.50 bits per heavy atom. The largest absolute Gasteiger partial charge is 0.0811 e. The Labute approximate surface area is 111 Å². The molecular weight excluding hydrogens is 216 g/mol. The van der Waals surface area contributed by atoms with E-state index in [-0.39, 0.29) is 0 Å². The van der Waals surface area contributed by atoms with E-state index in [0.717, 1.165) is 5.92 Å². The SMILES string of the molecule is CC1C=CC(CCCCCc2ccccc2)=CC1. The highest BCUT2D eigenvalue weighted by molar-refractivity contribution is 5.23. The van der Waals surface area contributed by atoms with E-state index in [1.165, 1.54) is 44.1 Å². The minimum Gasteiger partial charge on any atom is -0.0811 e. The second-order valence-corrected chi connectivity index (χ2v) is 5.40. The highest BCUT2D eigenvalue weighted by Gasteiger charge is 2.03. The Morgan fingerprint density at radius 2 is 1.78 bits per heavy atom. The van der Waals surface area contributed by atoms with Crippen LogP contribution in [0.4, 0.5) is 0 Å². The van der Waals surface area contributed by atoms with Crippen LogP contribution in [0.3, 0.4) is 0 Å². The van der Waals surface area contributed by atoms with Crippen molar-refractivity contribution in [2.24, 2.45) is 5.92 Å². The minimum atomic E-state index is 0.742. The molecule has 96 valence electrons. The van der Waals surface area contributed by atoms with Gasteiger partial charge in [0, 0.05) is 0 Å². The third-order valence-electron chi connectivity index (χ3n) is 3.66. The molecule has 0 radical (unpaired) electrons. The van der Waals surface area contributed by atoms with Crippen molar-refractivity contribution in [2.45, 2.75) is 45.4 Å². The topological polar surface area (TPSA) is 0 Å². The first-order chi connectivity index (χ1) is 8.84. The molecular formula is C18H24. The van der Waals surface area contributed by atoms with Crippen molar-refractivity contribution >= 4 is 0 Å². The van der Waals surface area contributed by atoms with E-state index >= 15 is 0 Å². The molecule has 1 aliphatic rings. The van der Waals surface area contributed by atoms with Crippen LogP contribution in [0.5, 0.6) is 0 Å². The lowest BCUT2D eigenvalue weighted by Crippen LogP contribution is -1.94. The fraction of sp³-hybridized carbons (Fsp3) is 0.444. The van der Waals surface area contributed by atoms with Crippen LogP contribution in [-0.4, -0.2) is 0 Å². The smallest absolute Gasteiger partial charge is 0.0224 e. The van der Waals surface area contributed by atoms with Gasteiger partial charge in [-0.05, 0) is 43.6 Å². The first kappa shape index (κ1) is 13.1. The number of rotatable bonds is 6. The number of allylic oxidation sites excluding steroid dienone is 4. The normalized spacial score (nSPS) is 18.7. The van der Waals surface area contributed by atoms with Gasteiger partial charge in [-0.25, -0.2) is 0 Å². The molecule has 0 heterocycles. The summed E-state index contributed by atoms with van der Waals surface area (Å²) in [7, 11) is 0. The van der Waals surface area contributed by atoms with Crippen LogP contribution in [0.2, 0.25) is 0 Å². The monoisotopic (exact) mass is 240 g/mol. The minimum absolute atomic E-state index is 0.742. The molecule has 1 aromatic carbocycles. The van der Waals surface area contributed by atoms with Gasteiger partial charge in [0.05, 0.1) is 0 Å². The molecule has 2 rings (SSSR count). The molecule has 0 spiro atoms. The first-order valence-electron chi connectivity index (χ1n) is 7.26. The summed E-state index contributed by atoms with van der Waals surface area (Å²) in [6.07, 6.45) is 14.8. The fourth-order valence-electron chi connectivity index (χ4n) is 2.44. The van der Waals surface area contributed by atoms with Crippen molar-refractivity contribution in [2.75, 3.05) is 0 Å². The molecule has 0 heteroatoms. The van der Waals surface area contributed by atoms with Crippen LogP contribution in [-0.2, 0) is 6.42 Å². The highest BCUT2D eigenvalue weighted by Crippen LogP contribution is 2.20. The summed E-state index contributed by atoms with van der Waals surface area (Å²) in [5.41, 5.74) is 3.02. The molecule has 0 N–H and O–H groups in total. The fourth-order valence-corrected chi connectivity index (χ4v) is 2.44. The molecule has 0 aromatic heterocycles. The summed E-state index contributed by atoms with van der Waals surface area (Å²) in [5.74, 6) is 0.742. The Morgan fingerprint density at radius 1 is 1.00 bits per heavy atom. The van der Waals surface area contributed by atoms with Gasteiger partial charge in [0.25, 0.3) is 0 Å². The Hall–Kier alpha value is -1.30. The number of benzene rings is 1.